The fourth-order valence-electron chi connectivity index (χ4n) is 2.00. The number of amides is 2. The molecule has 9 nitrogen and oxygen atoms in total. The maximum absolute atomic E-state index is 11.9. The Kier molecular flexibility index (Phi) is 4.42. The normalized spacial score (nSPS) is 10.9. The van der Waals surface area contributed by atoms with Crippen molar-refractivity contribution in [3.63, 3.8) is 0 Å². The number of carbonyl (C=O) groups excluding carboxylic acids is 1. The van der Waals surface area contributed by atoms with Gasteiger partial charge in [0.15, 0.2) is 5.16 Å². The Morgan fingerprint density at radius 1 is 1.30 bits per heavy atom. The van der Waals surface area contributed by atoms with Crippen molar-refractivity contribution in [2.24, 2.45) is 14.1 Å². The number of carbonyl (C=O) groups is 1. The summed E-state index contributed by atoms with van der Waals surface area (Å²) < 4.78 is 3.52. The lowest BCUT2D eigenvalue weighted by Crippen LogP contribution is -2.30. The summed E-state index contributed by atoms with van der Waals surface area (Å²) in [5.74, 6) is 0.711. The third-order valence-corrected chi connectivity index (χ3v) is 4.19. The van der Waals surface area contributed by atoms with E-state index in [2.05, 4.69) is 31.1 Å². The number of anilines is 1. The molecule has 0 atom stereocenters. The minimum atomic E-state index is -0.258. The summed E-state index contributed by atoms with van der Waals surface area (Å²) in [6, 6.07) is 5.22. The SMILES string of the molecule is Cn1cnnc1SCCNC(=O)Nc1ccc2c(c1)nnn2C. The van der Waals surface area contributed by atoms with Crippen LogP contribution in [-0.2, 0) is 14.1 Å². The minimum absolute atomic E-state index is 0.258. The number of thioether (sulfide) groups is 1. The predicted octanol–water partition coefficient (Wildman–Crippen LogP) is 1.01. The van der Waals surface area contributed by atoms with Gasteiger partial charge in [0.2, 0.25) is 0 Å². The number of fused-ring (bicyclic) bond motifs is 1. The molecule has 2 aromatic heterocycles. The van der Waals surface area contributed by atoms with E-state index in [9.17, 15) is 4.79 Å². The van der Waals surface area contributed by atoms with E-state index in [1.54, 1.807) is 17.1 Å². The van der Waals surface area contributed by atoms with Crippen LogP contribution in [0.5, 0.6) is 0 Å². The molecule has 0 saturated heterocycles. The molecule has 2 heterocycles. The molecule has 0 spiro atoms. The van der Waals surface area contributed by atoms with E-state index in [1.807, 2.05) is 30.8 Å². The first-order chi connectivity index (χ1) is 11.1. The highest BCUT2D eigenvalue weighted by atomic mass is 32.2. The molecule has 1 aromatic carbocycles. The quantitative estimate of drug-likeness (QED) is 0.534. The van der Waals surface area contributed by atoms with Gasteiger partial charge in [-0.2, -0.15) is 0 Å². The van der Waals surface area contributed by atoms with Crippen LogP contribution < -0.4 is 10.6 Å². The fraction of sp³-hybridized carbons (Fsp3) is 0.308. The van der Waals surface area contributed by atoms with Crippen LogP contribution in [0.2, 0.25) is 0 Å². The fourth-order valence-corrected chi connectivity index (χ4v) is 2.75. The molecule has 3 rings (SSSR count). The van der Waals surface area contributed by atoms with Crippen molar-refractivity contribution in [2.75, 3.05) is 17.6 Å². The monoisotopic (exact) mass is 332 g/mol. The molecule has 0 aliphatic rings. The van der Waals surface area contributed by atoms with Gasteiger partial charge in [-0.3, -0.25) is 0 Å². The van der Waals surface area contributed by atoms with Gasteiger partial charge in [-0.1, -0.05) is 17.0 Å². The zero-order valence-electron chi connectivity index (χ0n) is 12.7. The molecule has 0 fully saturated rings. The standard InChI is InChI=1S/C13H16N8OS/c1-20-8-15-18-13(20)23-6-5-14-12(22)16-9-3-4-11-10(7-9)17-19-21(11)2/h3-4,7-8H,5-6H2,1-2H3,(H2,14,16,22). The summed E-state index contributed by atoms with van der Waals surface area (Å²) in [6.45, 7) is 0.525. The zero-order chi connectivity index (χ0) is 16.2. The van der Waals surface area contributed by atoms with Crippen LogP contribution in [0.1, 0.15) is 0 Å². The van der Waals surface area contributed by atoms with Gasteiger partial charge in [-0.25, -0.2) is 9.48 Å². The molecule has 0 bridgehead atoms. The van der Waals surface area contributed by atoms with Crippen LogP contribution in [0.3, 0.4) is 0 Å². The lowest BCUT2D eigenvalue weighted by atomic mass is 10.3. The summed E-state index contributed by atoms with van der Waals surface area (Å²) in [7, 11) is 3.70. The van der Waals surface area contributed by atoms with Crippen molar-refractivity contribution in [1.82, 2.24) is 35.1 Å². The average Bonchev–Trinajstić information content (AvgIpc) is 3.10. The molecular formula is C13H16N8OS. The third kappa shape index (κ3) is 3.59. The first-order valence-corrected chi connectivity index (χ1v) is 7.93. The summed E-state index contributed by atoms with van der Waals surface area (Å²) >= 11 is 1.53. The van der Waals surface area contributed by atoms with Gasteiger partial charge in [0, 0.05) is 32.1 Å². The van der Waals surface area contributed by atoms with E-state index in [1.165, 1.54) is 11.8 Å². The molecule has 2 amide bonds. The maximum atomic E-state index is 11.9. The molecular weight excluding hydrogens is 316 g/mol. The third-order valence-electron chi connectivity index (χ3n) is 3.16. The number of rotatable bonds is 5. The number of urea groups is 1. The van der Waals surface area contributed by atoms with E-state index in [0.29, 0.717) is 18.0 Å². The van der Waals surface area contributed by atoms with Crippen LogP contribution in [0.4, 0.5) is 10.5 Å². The molecule has 120 valence electrons. The van der Waals surface area contributed by atoms with Crippen LogP contribution >= 0.6 is 11.8 Å². The van der Waals surface area contributed by atoms with Crippen molar-refractivity contribution >= 4 is 34.5 Å². The van der Waals surface area contributed by atoms with Crippen LogP contribution in [0, 0.1) is 0 Å². The number of aryl methyl sites for hydroxylation is 2. The highest BCUT2D eigenvalue weighted by Crippen LogP contribution is 2.16. The van der Waals surface area contributed by atoms with Crippen LogP contribution in [-0.4, -0.2) is 48.1 Å². The Labute approximate surface area is 136 Å². The molecule has 0 aliphatic heterocycles. The molecule has 2 N–H and O–H groups in total. The summed E-state index contributed by atoms with van der Waals surface area (Å²) in [5, 5.41) is 22.1. The van der Waals surface area contributed by atoms with Crippen molar-refractivity contribution in [1.29, 1.82) is 0 Å². The van der Waals surface area contributed by atoms with Gasteiger partial charge in [-0.05, 0) is 18.2 Å². The van der Waals surface area contributed by atoms with E-state index < -0.39 is 0 Å². The highest BCUT2D eigenvalue weighted by molar-refractivity contribution is 7.99. The topological polar surface area (TPSA) is 103 Å². The smallest absolute Gasteiger partial charge is 0.319 e. The Morgan fingerprint density at radius 2 is 2.17 bits per heavy atom. The predicted molar refractivity (Wildman–Crippen MR) is 87.3 cm³/mol. The highest BCUT2D eigenvalue weighted by Gasteiger charge is 2.06. The Balaban J connectivity index is 1.47. The Hall–Kier alpha value is -2.62. The van der Waals surface area contributed by atoms with Crippen molar-refractivity contribution in [3.8, 4) is 0 Å². The summed E-state index contributed by atoms with van der Waals surface area (Å²) in [5.41, 5.74) is 2.33. The molecule has 0 aliphatic carbocycles. The summed E-state index contributed by atoms with van der Waals surface area (Å²) in [6.07, 6.45) is 1.64. The van der Waals surface area contributed by atoms with Gasteiger partial charge in [0.25, 0.3) is 0 Å². The number of benzene rings is 1. The molecule has 0 unspecified atom stereocenters. The van der Waals surface area contributed by atoms with Crippen LogP contribution in [0.25, 0.3) is 11.0 Å². The summed E-state index contributed by atoms with van der Waals surface area (Å²) in [4.78, 5) is 11.9. The Morgan fingerprint density at radius 3 is 2.96 bits per heavy atom. The number of nitrogens with one attached hydrogen (secondary N) is 2. The van der Waals surface area contributed by atoms with Gasteiger partial charge in [0.1, 0.15) is 11.8 Å². The largest absolute Gasteiger partial charge is 0.337 e. The van der Waals surface area contributed by atoms with Crippen molar-refractivity contribution < 1.29 is 4.79 Å². The van der Waals surface area contributed by atoms with Gasteiger partial charge >= 0.3 is 6.03 Å². The molecule has 0 radical (unpaired) electrons. The molecule has 0 saturated carbocycles. The number of aromatic nitrogens is 6. The first-order valence-electron chi connectivity index (χ1n) is 6.94. The van der Waals surface area contributed by atoms with E-state index in [0.717, 1.165) is 16.2 Å². The number of nitrogens with zero attached hydrogens (tertiary/aromatic N) is 6. The second-order valence-electron chi connectivity index (χ2n) is 4.87. The second-order valence-corrected chi connectivity index (χ2v) is 5.93. The van der Waals surface area contributed by atoms with Crippen LogP contribution in [0.15, 0.2) is 29.7 Å². The second kappa shape index (κ2) is 6.65. The molecule has 23 heavy (non-hydrogen) atoms. The number of hydrogen-bond donors (Lipinski definition) is 2. The van der Waals surface area contributed by atoms with Crippen molar-refractivity contribution in [3.05, 3.63) is 24.5 Å². The molecule has 10 heteroatoms. The van der Waals surface area contributed by atoms with Gasteiger partial charge in [-0.15, -0.1) is 15.3 Å². The van der Waals surface area contributed by atoms with E-state index in [4.69, 9.17) is 0 Å². The number of hydrogen-bond acceptors (Lipinski definition) is 6. The lowest BCUT2D eigenvalue weighted by molar-refractivity contribution is 0.252. The zero-order valence-corrected chi connectivity index (χ0v) is 13.5. The van der Waals surface area contributed by atoms with E-state index in [-0.39, 0.29) is 6.03 Å². The minimum Gasteiger partial charge on any atom is -0.337 e. The first kappa shape index (κ1) is 15.3. The molecule has 3 aromatic rings. The Bertz CT molecular complexity index is 826. The van der Waals surface area contributed by atoms with Crippen molar-refractivity contribution in [2.45, 2.75) is 5.16 Å². The van der Waals surface area contributed by atoms with Gasteiger partial charge in [0.05, 0.1) is 5.52 Å². The lowest BCUT2D eigenvalue weighted by Gasteiger charge is -2.07. The van der Waals surface area contributed by atoms with Gasteiger partial charge < -0.3 is 15.2 Å². The van der Waals surface area contributed by atoms with E-state index >= 15 is 0 Å². The maximum Gasteiger partial charge on any atom is 0.319 e. The average molecular weight is 332 g/mol.